The molecule has 0 aliphatic carbocycles. The highest BCUT2D eigenvalue weighted by atomic mass is 35.5. The lowest BCUT2D eigenvalue weighted by atomic mass is 9.99. The van der Waals surface area contributed by atoms with Crippen molar-refractivity contribution in [2.24, 2.45) is 11.7 Å². The Balaban J connectivity index is 0.00000289. The molecule has 1 aromatic heterocycles. The molecule has 0 bridgehead atoms. The Morgan fingerprint density at radius 1 is 1.56 bits per heavy atom. The molecule has 102 valence electrons. The molecule has 2 unspecified atom stereocenters. The number of aromatic nitrogens is 1. The number of nitrogens with two attached hydrogens (primary N) is 1. The summed E-state index contributed by atoms with van der Waals surface area (Å²) in [5.41, 5.74) is 6.94. The lowest BCUT2D eigenvalue weighted by Crippen LogP contribution is -2.45. The molecule has 0 aromatic carbocycles. The number of rotatable bonds is 6. The van der Waals surface area contributed by atoms with Crippen molar-refractivity contribution in [1.29, 1.82) is 0 Å². The van der Waals surface area contributed by atoms with Gasteiger partial charge in [0.05, 0.1) is 6.04 Å². The molecule has 4 nitrogen and oxygen atoms in total. The molecular formula is C13H22ClN3O. The summed E-state index contributed by atoms with van der Waals surface area (Å²) in [4.78, 5) is 15.7. The number of pyridine rings is 1. The topological polar surface area (TPSA) is 68.0 Å². The van der Waals surface area contributed by atoms with E-state index in [0.717, 1.165) is 18.4 Å². The fourth-order valence-corrected chi connectivity index (χ4v) is 1.51. The van der Waals surface area contributed by atoms with Crippen molar-refractivity contribution >= 4 is 18.3 Å². The van der Waals surface area contributed by atoms with Crippen LogP contribution in [-0.2, 0) is 11.2 Å². The average Bonchev–Trinajstić information content (AvgIpc) is 2.38. The van der Waals surface area contributed by atoms with E-state index in [-0.39, 0.29) is 24.2 Å². The largest absolute Gasteiger partial charge is 0.354 e. The standard InChI is InChI=1S/C13H21N3O.ClH/c1-3-10(2)12(14)13(17)16-8-6-11-5-4-7-15-9-11;/h4-5,7,9-10,12H,3,6,8,14H2,1-2H3,(H,16,17);1H. The molecule has 0 aliphatic rings. The predicted molar refractivity (Wildman–Crippen MR) is 75.6 cm³/mol. The number of nitrogens with zero attached hydrogens (tertiary/aromatic N) is 1. The monoisotopic (exact) mass is 271 g/mol. The van der Waals surface area contributed by atoms with E-state index in [4.69, 9.17) is 5.73 Å². The zero-order valence-electron chi connectivity index (χ0n) is 10.9. The van der Waals surface area contributed by atoms with E-state index in [1.165, 1.54) is 0 Å². The third-order valence-electron chi connectivity index (χ3n) is 3.00. The molecule has 0 saturated carbocycles. The summed E-state index contributed by atoms with van der Waals surface area (Å²) in [5.74, 6) is 0.150. The number of amides is 1. The van der Waals surface area contributed by atoms with Crippen molar-refractivity contribution in [3.8, 4) is 0 Å². The molecule has 0 aliphatic heterocycles. The molecule has 1 rings (SSSR count). The lowest BCUT2D eigenvalue weighted by molar-refractivity contribution is -0.123. The quantitative estimate of drug-likeness (QED) is 0.825. The Bertz CT molecular complexity index is 345. The first-order valence-electron chi connectivity index (χ1n) is 6.07. The molecule has 0 spiro atoms. The van der Waals surface area contributed by atoms with E-state index in [9.17, 15) is 4.79 Å². The van der Waals surface area contributed by atoms with Gasteiger partial charge in [0.2, 0.25) is 5.91 Å². The van der Waals surface area contributed by atoms with Gasteiger partial charge in [0.25, 0.3) is 0 Å². The third kappa shape index (κ3) is 5.47. The van der Waals surface area contributed by atoms with E-state index < -0.39 is 6.04 Å². The van der Waals surface area contributed by atoms with Crippen LogP contribution in [0.25, 0.3) is 0 Å². The molecule has 18 heavy (non-hydrogen) atoms. The van der Waals surface area contributed by atoms with Crippen LogP contribution < -0.4 is 11.1 Å². The SMILES string of the molecule is CCC(C)C(N)C(=O)NCCc1cccnc1.Cl. The van der Waals surface area contributed by atoms with Gasteiger partial charge in [-0.05, 0) is 24.0 Å². The maximum absolute atomic E-state index is 11.7. The van der Waals surface area contributed by atoms with Crippen LogP contribution in [0.5, 0.6) is 0 Å². The van der Waals surface area contributed by atoms with Crippen LogP contribution in [0.1, 0.15) is 25.8 Å². The minimum absolute atomic E-state index is 0. The van der Waals surface area contributed by atoms with Gasteiger partial charge in [0.15, 0.2) is 0 Å². The third-order valence-corrected chi connectivity index (χ3v) is 3.00. The van der Waals surface area contributed by atoms with E-state index in [2.05, 4.69) is 10.3 Å². The highest BCUT2D eigenvalue weighted by Gasteiger charge is 2.18. The molecule has 1 amide bonds. The highest BCUT2D eigenvalue weighted by Crippen LogP contribution is 2.05. The fraction of sp³-hybridized carbons (Fsp3) is 0.538. The maximum atomic E-state index is 11.7. The van der Waals surface area contributed by atoms with Crippen molar-refractivity contribution in [3.05, 3.63) is 30.1 Å². The van der Waals surface area contributed by atoms with Gasteiger partial charge in [0.1, 0.15) is 0 Å². The highest BCUT2D eigenvalue weighted by molar-refractivity contribution is 5.85. The van der Waals surface area contributed by atoms with Crippen LogP contribution >= 0.6 is 12.4 Å². The molecule has 5 heteroatoms. The zero-order chi connectivity index (χ0) is 12.7. The van der Waals surface area contributed by atoms with Gasteiger partial charge in [0, 0.05) is 18.9 Å². The van der Waals surface area contributed by atoms with E-state index in [1.807, 2.05) is 26.0 Å². The van der Waals surface area contributed by atoms with Crippen molar-refractivity contribution in [2.45, 2.75) is 32.7 Å². The molecule has 0 fully saturated rings. The maximum Gasteiger partial charge on any atom is 0.237 e. The fourth-order valence-electron chi connectivity index (χ4n) is 1.51. The second kappa shape index (κ2) is 8.89. The zero-order valence-corrected chi connectivity index (χ0v) is 11.7. The summed E-state index contributed by atoms with van der Waals surface area (Å²) in [6.07, 6.45) is 5.24. The van der Waals surface area contributed by atoms with Crippen molar-refractivity contribution in [3.63, 3.8) is 0 Å². The molecule has 1 aromatic rings. The first kappa shape index (κ1) is 16.9. The van der Waals surface area contributed by atoms with Crippen LogP contribution in [0.2, 0.25) is 0 Å². The Labute approximate surface area is 115 Å². The first-order valence-corrected chi connectivity index (χ1v) is 6.07. The molecule has 2 atom stereocenters. The molecular weight excluding hydrogens is 250 g/mol. The second-order valence-corrected chi connectivity index (χ2v) is 4.31. The van der Waals surface area contributed by atoms with E-state index in [1.54, 1.807) is 12.4 Å². The first-order chi connectivity index (χ1) is 8.15. The second-order valence-electron chi connectivity index (χ2n) is 4.31. The number of hydrogen-bond donors (Lipinski definition) is 2. The van der Waals surface area contributed by atoms with E-state index in [0.29, 0.717) is 6.54 Å². The lowest BCUT2D eigenvalue weighted by Gasteiger charge is -2.17. The minimum Gasteiger partial charge on any atom is -0.354 e. The van der Waals surface area contributed by atoms with Crippen LogP contribution in [0, 0.1) is 5.92 Å². The predicted octanol–water partition coefficient (Wildman–Crippen LogP) is 1.54. The van der Waals surface area contributed by atoms with Gasteiger partial charge in [-0.1, -0.05) is 26.3 Å². The molecule has 0 radical (unpaired) electrons. The van der Waals surface area contributed by atoms with Crippen molar-refractivity contribution < 1.29 is 4.79 Å². The van der Waals surface area contributed by atoms with Gasteiger partial charge >= 0.3 is 0 Å². The molecule has 3 N–H and O–H groups in total. The minimum atomic E-state index is -0.408. The van der Waals surface area contributed by atoms with Gasteiger partial charge in [-0.15, -0.1) is 12.4 Å². The summed E-state index contributed by atoms with van der Waals surface area (Å²) < 4.78 is 0. The normalized spacial score (nSPS) is 13.3. The Morgan fingerprint density at radius 2 is 2.28 bits per heavy atom. The summed E-state index contributed by atoms with van der Waals surface area (Å²) >= 11 is 0. The number of carbonyl (C=O) groups excluding carboxylic acids is 1. The van der Waals surface area contributed by atoms with Crippen LogP contribution in [-0.4, -0.2) is 23.5 Å². The number of hydrogen-bond acceptors (Lipinski definition) is 3. The average molecular weight is 272 g/mol. The Kier molecular flexibility index (Phi) is 8.33. The van der Waals surface area contributed by atoms with Gasteiger partial charge < -0.3 is 11.1 Å². The molecule has 0 saturated heterocycles. The summed E-state index contributed by atoms with van der Waals surface area (Å²) in [6, 6.07) is 3.48. The van der Waals surface area contributed by atoms with Crippen LogP contribution in [0.4, 0.5) is 0 Å². The van der Waals surface area contributed by atoms with Crippen molar-refractivity contribution in [2.75, 3.05) is 6.54 Å². The van der Waals surface area contributed by atoms with Crippen LogP contribution in [0.15, 0.2) is 24.5 Å². The number of nitrogens with one attached hydrogen (secondary N) is 1. The van der Waals surface area contributed by atoms with Gasteiger partial charge in [-0.2, -0.15) is 0 Å². The Morgan fingerprint density at radius 3 is 2.83 bits per heavy atom. The summed E-state index contributed by atoms with van der Waals surface area (Å²) in [7, 11) is 0. The van der Waals surface area contributed by atoms with Gasteiger partial charge in [-0.3, -0.25) is 9.78 Å². The Hall–Kier alpha value is -1.13. The van der Waals surface area contributed by atoms with Crippen LogP contribution in [0.3, 0.4) is 0 Å². The summed E-state index contributed by atoms with van der Waals surface area (Å²) in [6.45, 7) is 4.63. The summed E-state index contributed by atoms with van der Waals surface area (Å²) in [5, 5.41) is 2.85. The smallest absolute Gasteiger partial charge is 0.237 e. The van der Waals surface area contributed by atoms with E-state index >= 15 is 0 Å². The van der Waals surface area contributed by atoms with Crippen molar-refractivity contribution in [1.82, 2.24) is 10.3 Å². The number of halogens is 1. The van der Waals surface area contributed by atoms with Gasteiger partial charge in [-0.25, -0.2) is 0 Å². The number of carbonyl (C=O) groups is 1. The molecule has 1 heterocycles.